The Hall–Kier alpha value is -1.69. The first kappa shape index (κ1) is 16.7. The van der Waals surface area contributed by atoms with E-state index in [-0.39, 0.29) is 10.8 Å². The van der Waals surface area contributed by atoms with Crippen LogP contribution in [0.15, 0.2) is 33.5 Å². The Kier molecular flexibility index (Phi) is 5.01. The van der Waals surface area contributed by atoms with E-state index in [0.717, 1.165) is 0 Å². The first-order valence-corrected chi connectivity index (χ1v) is 9.19. The molecule has 0 saturated heterocycles. The van der Waals surface area contributed by atoms with Crippen molar-refractivity contribution in [1.82, 2.24) is 10.2 Å². The number of anilines is 2. The zero-order valence-electron chi connectivity index (χ0n) is 11.4. The number of sulfonamides is 1. The molecule has 2 rings (SSSR count). The van der Waals surface area contributed by atoms with Crippen LogP contribution in [0.5, 0.6) is 0 Å². The van der Waals surface area contributed by atoms with Gasteiger partial charge in [0.2, 0.25) is 21.1 Å². The molecular formula is C11H13N5O3S3. The van der Waals surface area contributed by atoms with Crippen molar-refractivity contribution in [2.45, 2.75) is 21.4 Å². The van der Waals surface area contributed by atoms with E-state index in [0.29, 0.717) is 15.2 Å². The van der Waals surface area contributed by atoms with Crippen molar-refractivity contribution < 1.29 is 13.2 Å². The summed E-state index contributed by atoms with van der Waals surface area (Å²) in [7, 11) is -3.75. The molecule has 11 heteroatoms. The normalized spacial score (nSPS) is 12.8. The topological polar surface area (TPSA) is 141 Å². The first-order chi connectivity index (χ1) is 10.3. The van der Waals surface area contributed by atoms with E-state index in [1.807, 2.05) is 0 Å². The quantitative estimate of drug-likeness (QED) is 0.673. The van der Waals surface area contributed by atoms with E-state index in [9.17, 15) is 13.2 Å². The number of hydrogen-bond acceptors (Lipinski definition) is 8. The van der Waals surface area contributed by atoms with Crippen molar-refractivity contribution in [1.29, 1.82) is 0 Å². The van der Waals surface area contributed by atoms with Gasteiger partial charge in [0, 0.05) is 5.69 Å². The van der Waals surface area contributed by atoms with Crippen molar-refractivity contribution in [2.24, 2.45) is 5.14 Å². The number of rotatable bonds is 5. The number of carbonyl (C=O) groups is 1. The molecule has 0 fully saturated rings. The highest BCUT2D eigenvalue weighted by atomic mass is 32.2. The predicted octanol–water partition coefficient (Wildman–Crippen LogP) is 0.887. The maximum absolute atomic E-state index is 12.1. The smallest absolute Gasteiger partial charge is 0.238 e. The number of nitrogen functional groups attached to an aromatic ring is 1. The van der Waals surface area contributed by atoms with Crippen LogP contribution >= 0.6 is 23.1 Å². The molecule has 118 valence electrons. The summed E-state index contributed by atoms with van der Waals surface area (Å²) in [6.07, 6.45) is 0. The summed E-state index contributed by atoms with van der Waals surface area (Å²) in [6.45, 7) is 1.72. The second-order valence-electron chi connectivity index (χ2n) is 4.22. The van der Waals surface area contributed by atoms with Gasteiger partial charge in [-0.25, -0.2) is 13.6 Å². The van der Waals surface area contributed by atoms with E-state index in [2.05, 4.69) is 15.5 Å². The molecule has 0 saturated carbocycles. The van der Waals surface area contributed by atoms with Gasteiger partial charge in [0.05, 0.1) is 10.1 Å². The Balaban J connectivity index is 1.99. The van der Waals surface area contributed by atoms with Crippen LogP contribution in [0.25, 0.3) is 0 Å². The van der Waals surface area contributed by atoms with Gasteiger partial charge in [0.1, 0.15) is 0 Å². The van der Waals surface area contributed by atoms with Crippen molar-refractivity contribution in [3.05, 3.63) is 24.3 Å². The van der Waals surface area contributed by atoms with Crippen LogP contribution in [0.3, 0.4) is 0 Å². The lowest BCUT2D eigenvalue weighted by Gasteiger charge is -2.10. The molecule has 0 unspecified atom stereocenters. The van der Waals surface area contributed by atoms with Gasteiger partial charge in [-0.1, -0.05) is 23.1 Å². The first-order valence-electron chi connectivity index (χ1n) is 5.95. The lowest BCUT2D eigenvalue weighted by atomic mass is 10.3. The minimum Gasteiger partial charge on any atom is -0.374 e. The number of nitrogens with two attached hydrogens (primary N) is 2. The van der Waals surface area contributed by atoms with Gasteiger partial charge < -0.3 is 11.1 Å². The van der Waals surface area contributed by atoms with Gasteiger partial charge >= 0.3 is 0 Å². The number of benzene rings is 1. The van der Waals surface area contributed by atoms with Crippen LogP contribution < -0.4 is 16.2 Å². The highest BCUT2D eigenvalue weighted by Gasteiger charge is 2.17. The second kappa shape index (κ2) is 6.60. The Morgan fingerprint density at radius 3 is 2.45 bits per heavy atom. The monoisotopic (exact) mass is 359 g/mol. The van der Waals surface area contributed by atoms with Gasteiger partial charge in [-0.05, 0) is 31.2 Å². The molecule has 8 nitrogen and oxygen atoms in total. The van der Waals surface area contributed by atoms with Crippen molar-refractivity contribution >= 4 is 49.8 Å². The Morgan fingerprint density at radius 1 is 1.32 bits per heavy atom. The summed E-state index contributed by atoms with van der Waals surface area (Å²) in [6, 6.07) is 5.60. The third-order valence-corrected chi connectivity index (χ3v) is 5.39. The average molecular weight is 359 g/mol. The number of carbonyl (C=O) groups excluding carboxylic acids is 1. The summed E-state index contributed by atoms with van der Waals surface area (Å²) in [5.74, 6) is -0.248. The molecule has 1 amide bonds. The van der Waals surface area contributed by atoms with E-state index < -0.39 is 15.3 Å². The van der Waals surface area contributed by atoms with Crippen LogP contribution in [0.1, 0.15) is 6.92 Å². The molecule has 0 bridgehead atoms. The maximum atomic E-state index is 12.1. The second-order valence-corrected chi connectivity index (χ2v) is 8.38. The van der Waals surface area contributed by atoms with Crippen LogP contribution in [0.2, 0.25) is 0 Å². The minimum absolute atomic E-state index is 0.0164. The fraction of sp³-hybridized carbons (Fsp3) is 0.182. The maximum Gasteiger partial charge on any atom is 0.238 e. The van der Waals surface area contributed by atoms with Crippen LogP contribution in [-0.4, -0.2) is 29.8 Å². The lowest BCUT2D eigenvalue weighted by Crippen LogP contribution is -2.22. The molecule has 0 aliphatic rings. The predicted molar refractivity (Wildman–Crippen MR) is 86.1 cm³/mol. The molecule has 1 aromatic heterocycles. The summed E-state index contributed by atoms with van der Waals surface area (Å²) in [5.41, 5.74) is 5.95. The fourth-order valence-electron chi connectivity index (χ4n) is 1.44. The number of primary sulfonamides is 1. The van der Waals surface area contributed by atoms with Crippen molar-refractivity contribution in [2.75, 3.05) is 11.1 Å². The van der Waals surface area contributed by atoms with E-state index >= 15 is 0 Å². The molecule has 1 heterocycles. The zero-order valence-corrected chi connectivity index (χ0v) is 13.8. The molecular weight excluding hydrogens is 346 g/mol. The summed E-state index contributed by atoms with van der Waals surface area (Å²) in [5, 5.41) is 15.1. The van der Waals surface area contributed by atoms with Gasteiger partial charge in [-0.3, -0.25) is 4.79 Å². The van der Waals surface area contributed by atoms with Gasteiger partial charge in [0.25, 0.3) is 0 Å². The Morgan fingerprint density at radius 2 is 1.95 bits per heavy atom. The number of hydrogen-bond donors (Lipinski definition) is 3. The lowest BCUT2D eigenvalue weighted by molar-refractivity contribution is -0.115. The van der Waals surface area contributed by atoms with Crippen molar-refractivity contribution in [3.63, 3.8) is 0 Å². The molecule has 2 aromatic rings. The van der Waals surface area contributed by atoms with Crippen LogP contribution in [0.4, 0.5) is 10.8 Å². The fourth-order valence-corrected chi connectivity index (χ4v) is 3.74. The highest BCUT2D eigenvalue weighted by Crippen LogP contribution is 2.28. The van der Waals surface area contributed by atoms with Gasteiger partial charge in [-0.2, -0.15) is 0 Å². The van der Waals surface area contributed by atoms with Gasteiger partial charge in [0.15, 0.2) is 4.34 Å². The van der Waals surface area contributed by atoms with Crippen LogP contribution in [0, 0.1) is 0 Å². The zero-order chi connectivity index (χ0) is 16.3. The average Bonchev–Trinajstić information content (AvgIpc) is 2.83. The van der Waals surface area contributed by atoms with Gasteiger partial charge in [-0.15, -0.1) is 10.2 Å². The minimum atomic E-state index is -3.75. The SMILES string of the molecule is C[C@@H](Sc1nnc(N)s1)C(=O)Nc1ccc(S(N)(=O)=O)cc1. The number of aromatic nitrogens is 2. The molecule has 0 aliphatic heterocycles. The molecule has 0 spiro atoms. The molecule has 0 radical (unpaired) electrons. The highest BCUT2D eigenvalue weighted by molar-refractivity contribution is 8.02. The third-order valence-electron chi connectivity index (χ3n) is 2.52. The number of nitrogens with zero attached hydrogens (tertiary/aromatic N) is 2. The Labute approximate surface area is 135 Å². The molecule has 1 atom stereocenters. The summed E-state index contributed by atoms with van der Waals surface area (Å²) >= 11 is 2.44. The van der Waals surface area contributed by atoms with Crippen molar-refractivity contribution in [3.8, 4) is 0 Å². The standard InChI is InChI=1S/C11H13N5O3S3/c1-6(20-11-16-15-10(12)21-11)9(17)14-7-2-4-8(5-3-7)22(13,18)19/h2-6H,1H3,(H2,12,15)(H,14,17)(H2,13,18,19)/t6-/m1/s1. The Bertz CT molecular complexity index is 773. The number of amides is 1. The molecule has 1 aromatic carbocycles. The van der Waals surface area contributed by atoms with E-state index in [1.54, 1.807) is 6.92 Å². The van der Waals surface area contributed by atoms with E-state index in [4.69, 9.17) is 10.9 Å². The largest absolute Gasteiger partial charge is 0.374 e. The van der Waals surface area contributed by atoms with E-state index in [1.165, 1.54) is 47.4 Å². The molecule has 22 heavy (non-hydrogen) atoms. The molecule has 5 N–H and O–H groups in total. The van der Waals surface area contributed by atoms with Crippen LogP contribution in [-0.2, 0) is 14.8 Å². The number of nitrogens with one attached hydrogen (secondary N) is 1. The summed E-state index contributed by atoms with van der Waals surface area (Å²) < 4.78 is 22.9. The summed E-state index contributed by atoms with van der Waals surface area (Å²) in [4.78, 5) is 12.0. The molecule has 0 aliphatic carbocycles. The number of thioether (sulfide) groups is 1. The third kappa shape index (κ3) is 4.40.